The van der Waals surface area contributed by atoms with Crippen LogP contribution < -0.4 is 5.32 Å². The molecule has 0 saturated carbocycles. The van der Waals surface area contributed by atoms with Gasteiger partial charge in [0.2, 0.25) is 5.91 Å². The van der Waals surface area contributed by atoms with E-state index < -0.39 is 0 Å². The lowest BCUT2D eigenvalue weighted by Gasteiger charge is -2.05. The highest BCUT2D eigenvalue weighted by atomic mass is 16.1. The summed E-state index contributed by atoms with van der Waals surface area (Å²) in [6, 6.07) is 0. The summed E-state index contributed by atoms with van der Waals surface area (Å²) in [5.41, 5.74) is 1.09. The van der Waals surface area contributed by atoms with Crippen LogP contribution in [0.15, 0.2) is 31.1 Å². The van der Waals surface area contributed by atoms with E-state index in [1.165, 1.54) is 0 Å². The Kier molecular flexibility index (Phi) is 4.72. The minimum Gasteiger partial charge on any atom is -0.356 e. The predicted octanol–water partition coefficient (Wildman–Crippen LogP) is 0.756. The summed E-state index contributed by atoms with van der Waals surface area (Å²) in [6.45, 7) is 1.58. The van der Waals surface area contributed by atoms with Gasteiger partial charge in [-0.25, -0.2) is 4.98 Å². The molecule has 2 aromatic heterocycles. The van der Waals surface area contributed by atoms with Crippen molar-refractivity contribution in [2.75, 3.05) is 6.54 Å². The molecule has 0 aromatic carbocycles. The fraction of sp³-hybridized carbons (Fsp3) is 0.462. The molecule has 102 valence electrons. The zero-order valence-corrected chi connectivity index (χ0v) is 11.1. The van der Waals surface area contributed by atoms with Gasteiger partial charge in [-0.1, -0.05) is 0 Å². The van der Waals surface area contributed by atoms with Crippen LogP contribution in [0.3, 0.4) is 0 Å². The van der Waals surface area contributed by atoms with Crippen LogP contribution in [-0.4, -0.2) is 31.8 Å². The Balaban J connectivity index is 1.57. The Morgan fingerprint density at radius 1 is 1.47 bits per heavy atom. The summed E-state index contributed by atoms with van der Waals surface area (Å²) < 4.78 is 3.75. The number of carbonyl (C=O) groups is 1. The summed E-state index contributed by atoms with van der Waals surface area (Å²) >= 11 is 0. The first-order valence-corrected chi connectivity index (χ1v) is 6.44. The molecule has 0 radical (unpaired) electrons. The molecule has 0 saturated heterocycles. The van der Waals surface area contributed by atoms with Crippen LogP contribution in [0.1, 0.15) is 18.4 Å². The van der Waals surface area contributed by atoms with Gasteiger partial charge < -0.3 is 9.88 Å². The summed E-state index contributed by atoms with van der Waals surface area (Å²) in [5.74, 6) is 0.0921. The number of hydrogen-bond donors (Lipinski definition) is 1. The molecule has 6 heteroatoms. The Labute approximate surface area is 112 Å². The zero-order valence-electron chi connectivity index (χ0n) is 11.1. The second kappa shape index (κ2) is 6.72. The third-order valence-electron chi connectivity index (χ3n) is 2.87. The number of hydrogen-bond acceptors (Lipinski definition) is 3. The first-order chi connectivity index (χ1) is 9.24. The number of imidazole rings is 1. The Bertz CT molecular complexity index is 503. The van der Waals surface area contributed by atoms with Crippen molar-refractivity contribution >= 4 is 5.91 Å². The molecule has 2 heterocycles. The van der Waals surface area contributed by atoms with Crippen molar-refractivity contribution in [2.24, 2.45) is 7.05 Å². The van der Waals surface area contributed by atoms with E-state index in [0.29, 0.717) is 13.0 Å². The van der Waals surface area contributed by atoms with E-state index in [4.69, 9.17) is 0 Å². The lowest BCUT2D eigenvalue weighted by atomic mass is 10.2. The van der Waals surface area contributed by atoms with Gasteiger partial charge in [-0.2, -0.15) is 5.10 Å². The van der Waals surface area contributed by atoms with Crippen molar-refractivity contribution in [3.05, 3.63) is 36.7 Å². The van der Waals surface area contributed by atoms with E-state index in [0.717, 1.165) is 24.9 Å². The third-order valence-corrected chi connectivity index (χ3v) is 2.87. The van der Waals surface area contributed by atoms with Gasteiger partial charge in [-0.05, 0) is 18.4 Å². The molecule has 0 unspecified atom stereocenters. The Morgan fingerprint density at radius 2 is 2.37 bits per heavy atom. The number of aromatic nitrogens is 4. The molecule has 6 nitrogen and oxygen atoms in total. The molecule has 2 rings (SSSR count). The Morgan fingerprint density at radius 3 is 3.05 bits per heavy atom. The van der Waals surface area contributed by atoms with Crippen LogP contribution in [-0.2, 0) is 24.8 Å². The first kappa shape index (κ1) is 13.3. The molecule has 19 heavy (non-hydrogen) atoms. The van der Waals surface area contributed by atoms with Crippen molar-refractivity contribution in [1.82, 2.24) is 24.6 Å². The van der Waals surface area contributed by atoms with Crippen molar-refractivity contribution in [2.45, 2.75) is 25.8 Å². The molecule has 0 bridgehead atoms. The minimum atomic E-state index is 0.0921. The second-order valence-electron chi connectivity index (χ2n) is 4.53. The highest BCUT2D eigenvalue weighted by molar-refractivity contribution is 5.76. The zero-order chi connectivity index (χ0) is 13.5. The van der Waals surface area contributed by atoms with Crippen LogP contribution in [0.5, 0.6) is 0 Å². The topological polar surface area (TPSA) is 64.7 Å². The average molecular weight is 261 g/mol. The van der Waals surface area contributed by atoms with E-state index in [1.807, 2.05) is 24.0 Å². The number of nitrogens with one attached hydrogen (secondary N) is 1. The summed E-state index contributed by atoms with van der Waals surface area (Å²) in [6.07, 6.45) is 11.4. The van der Waals surface area contributed by atoms with Gasteiger partial charge in [0.25, 0.3) is 0 Å². The lowest BCUT2D eigenvalue weighted by molar-refractivity contribution is -0.121. The highest BCUT2D eigenvalue weighted by Crippen LogP contribution is 2.00. The van der Waals surface area contributed by atoms with E-state index in [-0.39, 0.29) is 5.91 Å². The summed E-state index contributed by atoms with van der Waals surface area (Å²) in [5, 5.41) is 7.00. The van der Waals surface area contributed by atoms with Gasteiger partial charge in [-0.15, -0.1) is 0 Å². The molecule has 0 atom stereocenters. The largest absolute Gasteiger partial charge is 0.356 e. The molecule has 1 N–H and O–H groups in total. The van der Waals surface area contributed by atoms with Crippen LogP contribution >= 0.6 is 0 Å². The van der Waals surface area contributed by atoms with Crippen LogP contribution in [0.4, 0.5) is 0 Å². The first-order valence-electron chi connectivity index (χ1n) is 6.44. The van der Waals surface area contributed by atoms with Crippen molar-refractivity contribution in [3.63, 3.8) is 0 Å². The lowest BCUT2D eigenvalue weighted by Crippen LogP contribution is -2.25. The quantitative estimate of drug-likeness (QED) is 0.748. The van der Waals surface area contributed by atoms with Gasteiger partial charge >= 0.3 is 0 Å². The van der Waals surface area contributed by atoms with E-state index in [1.54, 1.807) is 23.4 Å². The van der Waals surface area contributed by atoms with Gasteiger partial charge in [0.1, 0.15) is 0 Å². The maximum Gasteiger partial charge on any atom is 0.220 e. The Hall–Kier alpha value is -2.11. The van der Waals surface area contributed by atoms with Crippen molar-refractivity contribution in [1.29, 1.82) is 0 Å². The SMILES string of the molecule is Cn1cc(CCC(=O)NCCCn2ccnc2)cn1. The third kappa shape index (κ3) is 4.57. The summed E-state index contributed by atoms with van der Waals surface area (Å²) in [4.78, 5) is 15.6. The number of amides is 1. The van der Waals surface area contributed by atoms with Gasteiger partial charge in [-0.3, -0.25) is 9.48 Å². The molecule has 0 aliphatic carbocycles. The fourth-order valence-corrected chi connectivity index (χ4v) is 1.86. The summed E-state index contributed by atoms with van der Waals surface area (Å²) in [7, 11) is 1.87. The molecule has 2 aromatic rings. The molecular weight excluding hydrogens is 242 g/mol. The monoisotopic (exact) mass is 261 g/mol. The number of rotatable bonds is 7. The van der Waals surface area contributed by atoms with Gasteiger partial charge in [0.15, 0.2) is 0 Å². The predicted molar refractivity (Wildman–Crippen MR) is 71.4 cm³/mol. The number of nitrogens with zero attached hydrogens (tertiary/aromatic N) is 4. The van der Waals surface area contributed by atoms with Crippen LogP contribution in [0.2, 0.25) is 0 Å². The van der Waals surface area contributed by atoms with Gasteiger partial charge in [0.05, 0.1) is 12.5 Å². The fourth-order valence-electron chi connectivity index (χ4n) is 1.86. The maximum absolute atomic E-state index is 11.6. The number of carbonyl (C=O) groups excluding carboxylic acids is 1. The van der Waals surface area contributed by atoms with Crippen molar-refractivity contribution < 1.29 is 4.79 Å². The smallest absolute Gasteiger partial charge is 0.220 e. The van der Waals surface area contributed by atoms with Crippen LogP contribution in [0.25, 0.3) is 0 Å². The molecular formula is C13H19N5O. The maximum atomic E-state index is 11.6. The highest BCUT2D eigenvalue weighted by Gasteiger charge is 2.03. The average Bonchev–Trinajstić information content (AvgIpc) is 3.03. The molecule has 0 aliphatic heterocycles. The standard InChI is InChI=1S/C13H19N5O/c1-17-10-12(9-16-17)3-4-13(19)15-5-2-7-18-8-6-14-11-18/h6,8-11H,2-5,7H2,1H3,(H,15,19). The normalized spacial score (nSPS) is 10.6. The minimum absolute atomic E-state index is 0.0921. The molecule has 1 amide bonds. The van der Waals surface area contributed by atoms with Crippen molar-refractivity contribution in [3.8, 4) is 0 Å². The number of aryl methyl sites for hydroxylation is 3. The van der Waals surface area contributed by atoms with E-state index in [9.17, 15) is 4.79 Å². The molecule has 0 spiro atoms. The van der Waals surface area contributed by atoms with Gasteiger partial charge in [0, 0.05) is 45.1 Å². The van der Waals surface area contributed by atoms with E-state index >= 15 is 0 Å². The molecule has 0 aliphatic rings. The molecule has 0 fully saturated rings. The second-order valence-corrected chi connectivity index (χ2v) is 4.53. The van der Waals surface area contributed by atoms with E-state index in [2.05, 4.69) is 15.4 Å². The van der Waals surface area contributed by atoms with Crippen LogP contribution in [0, 0.1) is 0 Å².